The van der Waals surface area contributed by atoms with E-state index >= 15 is 0 Å². The number of nitrogens with one attached hydrogen (secondary N) is 1. The molecule has 2 aromatic carbocycles. The van der Waals surface area contributed by atoms with E-state index in [1.54, 1.807) is 18.2 Å². The molecule has 0 spiro atoms. The summed E-state index contributed by atoms with van der Waals surface area (Å²) in [5, 5.41) is 0. The highest BCUT2D eigenvalue weighted by Gasteiger charge is 2.15. The lowest BCUT2D eigenvalue weighted by atomic mass is 10.1. The standard InChI is InChI=1S/C22H30N2O3S/c1-3-27-22-12-11-21(17-18(22)2)28(25,26)23-14-13-19-7-9-20(10-8-19)24-15-5-4-6-16-24/h7-12,17,23H,3-6,13-16H2,1-2H3. The molecule has 0 saturated carbocycles. The van der Waals surface area contributed by atoms with Crippen molar-refractivity contribution < 1.29 is 13.2 Å². The molecule has 5 nitrogen and oxygen atoms in total. The zero-order valence-electron chi connectivity index (χ0n) is 16.8. The van der Waals surface area contributed by atoms with Crippen molar-refractivity contribution in [2.75, 3.05) is 31.1 Å². The van der Waals surface area contributed by atoms with Crippen LogP contribution in [0.4, 0.5) is 5.69 Å². The van der Waals surface area contributed by atoms with Gasteiger partial charge in [-0.1, -0.05) is 12.1 Å². The van der Waals surface area contributed by atoms with E-state index in [9.17, 15) is 8.42 Å². The number of anilines is 1. The number of rotatable bonds is 8. The first kappa shape index (κ1) is 20.7. The van der Waals surface area contributed by atoms with Crippen molar-refractivity contribution in [1.29, 1.82) is 0 Å². The van der Waals surface area contributed by atoms with Gasteiger partial charge in [0, 0.05) is 25.3 Å². The quantitative estimate of drug-likeness (QED) is 0.727. The molecule has 2 aromatic rings. The van der Waals surface area contributed by atoms with Crippen LogP contribution in [0.25, 0.3) is 0 Å². The Morgan fingerprint density at radius 1 is 1.04 bits per heavy atom. The van der Waals surface area contributed by atoms with Gasteiger partial charge in [-0.05, 0) is 81.0 Å². The molecule has 0 amide bonds. The summed E-state index contributed by atoms with van der Waals surface area (Å²) >= 11 is 0. The molecule has 1 aliphatic heterocycles. The number of aryl methyl sites for hydroxylation is 1. The van der Waals surface area contributed by atoms with Crippen LogP contribution in [0, 0.1) is 6.92 Å². The monoisotopic (exact) mass is 402 g/mol. The van der Waals surface area contributed by atoms with Gasteiger partial charge in [0.25, 0.3) is 0 Å². The second-order valence-electron chi connectivity index (χ2n) is 7.22. The number of benzene rings is 2. The zero-order valence-corrected chi connectivity index (χ0v) is 17.6. The third-order valence-corrected chi connectivity index (χ3v) is 6.58. The summed E-state index contributed by atoms with van der Waals surface area (Å²) in [6.45, 7) is 6.94. The van der Waals surface area contributed by atoms with Gasteiger partial charge in [0.15, 0.2) is 0 Å². The molecule has 0 unspecified atom stereocenters. The van der Waals surface area contributed by atoms with Crippen molar-refractivity contribution in [2.45, 2.75) is 44.4 Å². The predicted octanol–water partition coefficient (Wildman–Crippen LogP) is 3.91. The smallest absolute Gasteiger partial charge is 0.240 e. The van der Waals surface area contributed by atoms with Crippen molar-refractivity contribution in [3.63, 3.8) is 0 Å². The van der Waals surface area contributed by atoms with E-state index in [1.807, 2.05) is 13.8 Å². The van der Waals surface area contributed by atoms with Gasteiger partial charge in [0.05, 0.1) is 11.5 Å². The molecule has 0 atom stereocenters. The van der Waals surface area contributed by atoms with Crippen molar-refractivity contribution in [3.05, 3.63) is 53.6 Å². The molecule has 1 heterocycles. The van der Waals surface area contributed by atoms with Crippen molar-refractivity contribution in [3.8, 4) is 5.75 Å². The van der Waals surface area contributed by atoms with Gasteiger partial charge in [-0.25, -0.2) is 13.1 Å². The third-order valence-electron chi connectivity index (χ3n) is 5.12. The molecule has 0 radical (unpaired) electrons. The van der Waals surface area contributed by atoms with Gasteiger partial charge >= 0.3 is 0 Å². The molecule has 1 N–H and O–H groups in total. The average molecular weight is 403 g/mol. The average Bonchev–Trinajstić information content (AvgIpc) is 2.71. The number of piperidine rings is 1. The maximum atomic E-state index is 12.5. The van der Waals surface area contributed by atoms with Gasteiger partial charge in [0.1, 0.15) is 5.75 Å². The Morgan fingerprint density at radius 2 is 1.75 bits per heavy atom. The van der Waals surface area contributed by atoms with Gasteiger partial charge < -0.3 is 9.64 Å². The fraction of sp³-hybridized carbons (Fsp3) is 0.455. The van der Waals surface area contributed by atoms with Crippen LogP contribution in [0.2, 0.25) is 0 Å². The van der Waals surface area contributed by atoms with Crippen LogP contribution in [-0.2, 0) is 16.4 Å². The molecule has 28 heavy (non-hydrogen) atoms. The molecule has 152 valence electrons. The zero-order chi connectivity index (χ0) is 20.0. The van der Waals surface area contributed by atoms with E-state index in [1.165, 1.54) is 24.9 Å². The van der Waals surface area contributed by atoms with Crippen molar-refractivity contribution in [1.82, 2.24) is 4.72 Å². The molecular weight excluding hydrogens is 372 g/mol. The van der Waals surface area contributed by atoms with E-state index in [0.29, 0.717) is 19.6 Å². The normalized spacial score (nSPS) is 14.9. The molecule has 0 aromatic heterocycles. The lowest BCUT2D eigenvalue weighted by Gasteiger charge is -2.28. The van der Waals surface area contributed by atoms with Crippen LogP contribution in [0.1, 0.15) is 37.3 Å². The summed E-state index contributed by atoms with van der Waals surface area (Å²) in [4.78, 5) is 2.69. The minimum absolute atomic E-state index is 0.272. The first-order chi connectivity index (χ1) is 13.5. The Labute approximate surface area is 168 Å². The first-order valence-electron chi connectivity index (χ1n) is 10.1. The highest BCUT2D eigenvalue weighted by atomic mass is 32.2. The SMILES string of the molecule is CCOc1ccc(S(=O)(=O)NCCc2ccc(N3CCCCC3)cc2)cc1C. The maximum absolute atomic E-state index is 12.5. The largest absolute Gasteiger partial charge is 0.494 e. The lowest BCUT2D eigenvalue weighted by Crippen LogP contribution is -2.29. The molecular formula is C22H30N2O3S. The molecule has 1 aliphatic rings. The number of hydrogen-bond acceptors (Lipinski definition) is 4. The highest BCUT2D eigenvalue weighted by molar-refractivity contribution is 7.89. The summed E-state index contributed by atoms with van der Waals surface area (Å²) in [5.74, 6) is 0.718. The van der Waals surface area contributed by atoms with Crippen LogP contribution >= 0.6 is 0 Å². The number of nitrogens with zero attached hydrogens (tertiary/aromatic N) is 1. The Hall–Kier alpha value is -2.05. The Kier molecular flexibility index (Phi) is 6.97. The minimum atomic E-state index is -3.52. The molecule has 0 bridgehead atoms. The molecule has 3 rings (SSSR count). The van der Waals surface area contributed by atoms with Crippen LogP contribution in [0.15, 0.2) is 47.4 Å². The van der Waals surface area contributed by atoms with E-state index in [0.717, 1.165) is 30.0 Å². The Balaban J connectivity index is 1.55. The van der Waals surface area contributed by atoms with E-state index in [-0.39, 0.29) is 4.90 Å². The van der Waals surface area contributed by atoms with E-state index in [4.69, 9.17) is 4.74 Å². The highest BCUT2D eigenvalue weighted by Crippen LogP contribution is 2.22. The second-order valence-corrected chi connectivity index (χ2v) is 8.99. The first-order valence-corrected chi connectivity index (χ1v) is 11.5. The maximum Gasteiger partial charge on any atom is 0.240 e. The summed E-state index contributed by atoms with van der Waals surface area (Å²) in [6, 6.07) is 13.4. The van der Waals surface area contributed by atoms with Gasteiger partial charge in [-0.3, -0.25) is 0 Å². The van der Waals surface area contributed by atoms with Gasteiger partial charge in [0.2, 0.25) is 10.0 Å². The Morgan fingerprint density at radius 3 is 2.39 bits per heavy atom. The topological polar surface area (TPSA) is 58.6 Å². The van der Waals surface area contributed by atoms with Crippen LogP contribution in [0.3, 0.4) is 0 Å². The van der Waals surface area contributed by atoms with Crippen LogP contribution < -0.4 is 14.4 Å². The van der Waals surface area contributed by atoms with Gasteiger partial charge in [-0.2, -0.15) is 0 Å². The summed E-state index contributed by atoms with van der Waals surface area (Å²) in [7, 11) is -3.52. The number of sulfonamides is 1. The molecule has 6 heteroatoms. The van der Waals surface area contributed by atoms with Crippen LogP contribution in [-0.4, -0.2) is 34.7 Å². The summed E-state index contributed by atoms with van der Waals surface area (Å²) in [6.07, 6.45) is 4.50. The van der Waals surface area contributed by atoms with Gasteiger partial charge in [-0.15, -0.1) is 0 Å². The summed E-state index contributed by atoms with van der Waals surface area (Å²) < 4.78 is 33.3. The van der Waals surface area contributed by atoms with E-state index in [2.05, 4.69) is 33.9 Å². The second kappa shape index (κ2) is 9.43. The number of hydrogen-bond donors (Lipinski definition) is 1. The summed E-state index contributed by atoms with van der Waals surface area (Å²) in [5.41, 5.74) is 3.21. The molecule has 0 aliphatic carbocycles. The van der Waals surface area contributed by atoms with Crippen LogP contribution in [0.5, 0.6) is 5.75 Å². The number of ether oxygens (including phenoxy) is 1. The van der Waals surface area contributed by atoms with E-state index < -0.39 is 10.0 Å². The Bertz CT molecular complexity index is 873. The molecule has 1 fully saturated rings. The molecule has 1 saturated heterocycles. The van der Waals surface area contributed by atoms with Crippen molar-refractivity contribution in [2.24, 2.45) is 0 Å². The fourth-order valence-electron chi connectivity index (χ4n) is 3.55. The van der Waals surface area contributed by atoms with Crippen molar-refractivity contribution >= 4 is 15.7 Å². The third kappa shape index (κ3) is 5.26. The lowest BCUT2D eigenvalue weighted by molar-refractivity contribution is 0.337. The fourth-order valence-corrected chi connectivity index (χ4v) is 4.66. The predicted molar refractivity (Wildman–Crippen MR) is 114 cm³/mol. The minimum Gasteiger partial charge on any atom is -0.494 e.